The highest BCUT2D eigenvalue weighted by Crippen LogP contribution is 2.26. The molecule has 7 nitrogen and oxygen atoms in total. The molecular weight excluding hydrogens is 354 g/mol. The lowest BCUT2D eigenvalue weighted by atomic mass is 10.0. The number of allylic oxidation sites excluding steroid dienone is 1. The number of hydrogen-bond acceptors (Lipinski definition) is 5. The van der Waals surface area contributed by atoms with Gasteiger partial charge in [0.25, 0.3) is 0 Å². The zero-order valence-corrected chi connectivity index (χ0v) is 16.7. The molecule has 0 saturated carbocycles. The van der Waals surface area contributed by atoms with Crippen molar-refractivity contribution in [3.05, 3.63) is 41.7 Å². The smallest absolute Gasteiger partial charge is 0.410 e. The highest BCUT2D eigenvalue weighted by Gasteiger charge is 2.24. The summed E-state index contributed by atoms with van der Waals surface area (Å²) in [6.07, 6.45) is 7.69. The average molecular weight is 379 g/mol. The first-order valence-corrected chi connectivity index (χ1v) is 9.26. The summed E-state index contributed by atoms with van der Waals surface area (Å²) in [6.45, 7) is 6.76. The fraction of sp³-hybridized carbons (Fsp3) is 0.381. The molecular formula is C21H25N5O2. The lowest BCUT2D eigenvalue weighted by molar-refractivity contribution is 0.0270. The maximum atomic E-state index is 12.2. The van der Waals surface area contributed by atoms with E-state index in [1.54, 1.807) is 11.0 Å². The fourth-order valence-corrected chi connectivity index (χ4v) is 3.16. The zero-order valence-electron chi connectivity index (χ0n) is 16.7. The van der Waals surface area contributed by atoms with Gasteiger partial charge in [-0.2, -0.15) is 5.26 Å². The molecule has 0 radical (unpaired) electrons. The van der Waals surface area contributed by atoms with Crippen LogP contribution in [0.2, 0.25) is 0 Å². The van der Waals surface area contributed by atoms with Crippen LogP contribution >= 0.6 is 0 Å². The van der Waals surface area contributed by atoms with Crippen molar-refractivity contribution in [2.75, 3.05) is 25.5 Å². The number of nitriles is 1. The first-order chi connectivity index (χ1) is 13.3. The van der Waals surface area contributed by atoms with E-state index >= 15 is 0 Å². The van der Waals surface area contributed by atoms with Crippen molar-refractivity contribution in [1.29, 1.82) is 5.26 Å². The lowest BCUT2D eigenvalue weighted by Gasteiger charge is -2.29. The summed E-state index contributed by atoms with van der Waals surface area (Å²) in [5, 5.41) is 11.9. The number of nitrogens with zero attached hydrogens (tertiary/aromatic N) is 4. The minimum absolute atomic E-state index is 0.278. The van der Waals surface area contributed by atoms with Gasteiger partial charge in [0.05, 0.1) is 6.07 Å². The lowest BCUT2D eigenvalue weighted by Crippen LogP contribution is -2.39. The predicted octanol–water partition coefficient (Wildman–Crippen LogP) is 3.94. The first kappa shape index (κ1) is 19.5. The molecule has 0 saturated heterocycles. The first-order valence-electron chi connectivity index (χ1n) is 9.26. The van der Waals surface area contributed by atoms with Gasteiger partial charge < -0.3 is 15.0 Å². The van der Waals surface area contributed by atoms with Crippen LogP contribution in [0.25, 0.3) is 17.3 Å². The second-order valence-corrected chi connectivity index (χ2v) is 7.61. The van der Waals surface area contributed by atoms with E-state index in [4.69, 9.17) is 10.00 Å². The summed E-state index contributed by atoms with van der Waals surface area (Å²) in [5.41, 5.74) is 3.30. The summed E-state index contributed by atoms with van der Waals surface area (Å²) in [4.78, 5) is 18.5. The number of fused-ring (bicyclic) bond motifs is 1. The summed E-state index contributed by atoms with van der Waals surface area (Å²) >= 11 is 0. The van der Waals surface area contributed by atoms with Gasteiger partial charge in [0.2, 0.25) is 0 Å². The maximum Gasteiger partial charge on any atom is 0.410 e. The molecule has 0 bridgehead atoms. The second-order valence-electron chi connectivity index (χ2n) is 7.61. The van der Waals surface area contributed by atoms with E-state index in [0.29, 0.717) is 13.1 Å². The zero-order chi connectivity index (χ0) is 20.3. The number of aromatic nitrogens is 2. The van der Waals surface area contributed by atoms with Crippen LogP contribution in [-0.2, 0) is 4.74 Å². The van der Waals surface area contributed by atoms with Crippen molar-refractivity contribution in [2.45, 2.75) is 32.8 Å². The van der Waals surface area contributed by atoms with Gasteiger partial charge in [-0.05, 0) is 56.5 Å². The third-order valence-corrected chi connectivity index (χ3v) is 4.43. The molecule has 146 valence electrons. The van der Waals surface area contributed by atoms with Crippen LogP contribution < -0.4 is 5.32 Å². The van der Waals surface area contributed by atoms with Crippen molar-refractivity contribution < 1.29 is 9.53 Å². The summed E-state index contributed by atoms with van der Waals surface area (Å²) < 4.78 is 7.43. The van der Waals surface area contributed by atoms with Gasteiger partial charge in [-0.3, -0.25) is 4.40 Å². The Labute approximate surface area is 164 Å². The molecule has 2 aromatic heterocycles. The molecule has 28 heavy (non-hydrogen) atoms. The molecule has 3 heterocycles. The molecule has 1 aliphatic heterocycles. The molecule has 0 aliphatic carbocycles. The van der Waals surface area contributed by atoms with Crippen LogP contribution in [-0.4, -0.2) is 46.1 Å². The third kappa shape index (κ3) is 4.17. The molecule has 2 aromatic rings. The van der Waals surface area contributed by atoms with E-state index in [1.165, 1.54) is 11.6 Å². The molecule has 0 unspecified atom stereocenters. The fourth-order valence-electron chi connectivity index (χ4n) is 3.16. The molecule has 0 spiro atoms. The minimum Gasteiger partial charge on any atom is -0.444 e. The number of pyridine rings is 1. The maximum absolute atomic E-state index is 12.2. The Morgan fingerprint density at radius 1 is 1.39 bits per heavy atom. The SMILES string of the molecule is CNc1c(/C=C/C#N)nc2ccc(C3=CCN(C(=O)OC(C)(C)C)CC3)cn12. The van der Waals surface area contributed by atoms with Gasteiger partial charge in [-0.15, -0.1) is 0 Å². The van der Waals surface area contributed by atoms with Crippen LogP contribution in [0.1, 0.15) is 38.4 Å². The Hall–Kier alpha value is -3.27. The van der Waals surface area contributed by atoms with Gasteiger partial charge in [0, 0.05) is 32.4 Å². The van der Waals surface area contributed by atoms with Gasteiger partial charge in [-0.1, -0.05) is 6.08 Å². The standard InChI is InChI=1S/C21H25N5O2/c1-21(2,3)28-20(27)25-12-9-15(10-13-25)16-7-8-18-24-17(6-5-11-22)19(23-4)26(18)14-16/h5-9,14,23H,10,12-13H2,1-4H3/b6-5+. The normalized spacial score (nSPS) is 14.8. The van der Waals surface area contributed by atoms with Crippen molar-refractivity contribution in [1.82, 2.24) is 14.3 Å². The van der Waals surface area contributed by atoms with Crippen LogP contribution in [0.15, 0.2) is 30.5 Å². The van der Waals surface area contributed by atoms with Gasteiger partial charge in [-0.25, -0.2) is 9.78 Å². The quantitative estimate of drug-likeness (QED) is 0.817. The number of nitrogens with one attached hydrogen (secondary N) is 1. The topological polar surface area (TPSA) is 82.7 Å². The molecule has 1 aliphatic rings. The predicted molar refractivity (Wildman–Crippen MR) is 110 cm³/mol. The van der Waals surface area contributed by atoms with Crippen LogP contribution in [0.5, 0.6) is 0 Å². The Bertz CT molecular complexity index is 989. The highest BCUT2D eigenvalue weighted by molar-refractivity contribution is 5.74. The van der Waals surface area contributed by atoms with E-state index in [2.05, 4.69) is 16.4 Å². The number of imidazole rings is 1. The Balaban J connectivity index is 1.84. The molecule has 1 amide bonds. The van der Waals surface area contributed by atoms with Gasteiger partial charge in [0.15, 0.2) is 0 Å². The van der Waals surface area contributed by atoms with Crippen molar-refractivity contribution >= 4 is 29.2 Å². The van der Waals surface area contributed by atoms with E-state index in [9.17, 15) is 4.79 Å². The average Bonchev–Trinajstić information content (AvgIpc) is 3.01. The Kier molecular flexibility index (Phi) is 5.41. The summed E-state index contributed by atoms with van der Waals surface area (Å²) in [7, 11) is 1.83. The molecule has 1 N–H and O–H groups in total. The monoisotopic (exact) mass is 379 g/mol. The van der Waals surface area contributed by atoms with E-state index in [0.717, 1.165) is 29.1 Å². The summed E-state index contributed by atoms with van der Waals surface area (Å²) in [6, 6.07) is 5.99. The number of ether oxygens (including phenoxy) is 1. The number of anilines is 1. The largest absolute Gasteiger partial charge is 0.444 e. The number of amides is 1. The second kappa shape index (κ2) is 7.77. The Morgan fingerprint density at radius 3 is 2.79 bits per heavy atom. The van der Waals surface area contributed by atoms with Crippen molar-refractivity contribution in [3.8, 4) is 6.07 Å². The van der Waals surface area contributed by atoms with Gasteiger partial charge >= 0.3 is 6.09 Å². The van der Waals surface area contributed by atoms with Crippen molar-refractivity contribution in [2.24, 2.45) is 0 Å². The molecule has 0 atom stereocenters. The van der Waals surface area contributed by atoms with Crippen LogP contribution in [0, 0.1) is 11.3 Å². The third-order valence-electron chi connectivity index (χ3n) is 4.43. The Morgan fingerprint density at radius 2 is 2.18 bits per heavy atom. The van der Waals surface area contributed by atoms with Crippen molar-refractivity contribution in [3.63, 3.8) is 0 Å². The number of hydrogen-bond donors (Lipinski definition) is 1. The summed E-state index contributed by atoms with van der Waals surface area (Å²) in [5.74, 6) is 0.829. The van der Waals surface area contributed by atoms with Crippen LogP contribution in [0.3, 0.4) is 0 Å². The number of rotatable bonds is 3. The van der Waals surface area contributed by atoms with Gasteiger partial charge in [0.1, 0.15) is 22.8 Å². The van der Waals surface area contributed by atoms with E-state index in [1.807, 2.05) is 56.6 Å². The number of carbonyl (C=O) groups is 1. The molecule has 0 aromatic carbocycles. The van der Waals surface area contributed by atoms with Crippen LogP contribution in [0.4, 0.5) is 10.6 Å². The highest BCUT2D eigenvalue weighted by atomic mass is 16.6. The number of carbonyl (C=O) groups excluding carboxylic acids is 1. The van der Waals surface area contributed by atoms with E-state index in [-0.39, 0.29) is 6.09 Å². The molecule has 7 heteroatoms. The molecule has 3 rings (SSSR count). The van der Waals surface area contributed by atoms with E-state index < -0.39 is 5.60 Å². The molecule has 0 fully saturated rings. The minimum atomic E-state index is -0.491.